The van der Waals surface area contributed by atoms with Crippen LogP contribution >= 0.6 is 0 Å². The summed E-state index contributed by atoms with van der Waals surface area (Å²) in [4.78, 5) is 45.5. The molecule has 0 aliphatic heterocycles. The van der Waals surface area contributed by atoms with Crippen molar-refractivity contribution in [2.45, 2.75) is 76.7 Å². The van der Waals surface area contributed by atoms with Crippen molar-refractivity contribution in [3.05, 3.63) is 35.4 Å². The molecule has 0 spiro atoms. The number of methoxy groups -OCH3 is 1. The van der Waals surface area contributed by atoms with Gasteiger partial charge in [0, 0.05) is 12.8 Å². The number of benzene rings is 1. The number of aliphatic carboxylic acids is 1. The minimum atomic E-state index is -1.08. The van der Waals surface area contributed by atoms with Crippen LogP contribution in [0.2, 0.25) is 0 Å². The number of carbonyl (C=O) groups excluding carboxylic acids is 3. The number of aryl methyl sites for hydroxylation is 1. The predicted octanol–water partition coefficient (Wildman–Crippen LogP) is 2.99. The van der Waals surface area contributed by atoms with Gasteiger partial charge in [0.2, 0.25) is 5.91 Å². The lowest BCUT2D eigenvalue weighted by molar-refractivity contribution is -0.139. The van der Waals surface area contributed by atoms with Gasteiger partial charge >= 0.3 is 11.9 Å². The van der Waals surface area contributed by atoms with E-state index in [-0.39, 0.29) is 31.1 Å². The molecule has 1 atom stereocenters. The zero-order valence-electron chi connectivity index (χ0n) is 18.6. The molecule has 0 heterocycles. The fourth-order valence-electron chi connectivity index (χ4n) is 3.30. The number of esters is 1. The lowest BCUT2D eigenvalue weighted by atomic mass is 10.0. The molecule has 0 radical (unpaired) electrons. The molecule has 178 valence electrons. The smallest absolute Gasteiger partial charge is 0.337 e. The van der Waals surface area contributed by atoms with E-state index in [2.05, 4.69) is 10.1 Å². The fourth-order valence-corrected chi connectivity index (χ4v) is 3.30. The standard InChI is InChI=1S/C23H34N2O7/c1-32-23(30)18-13-11-17(12-14-18)9-7-5-3-2-4-6-8-10-20(26)24-19(22(29)25-31)15-16-21(27)28/h11-14,19,31H,2-10,15-16H2,1H3,(H,24,26)(H,25,29)(H,27,28)/t19-/m1/s1. The molecule has 0 saturated heterocycles. The topological polar surface area (TPSA) is 142 Å². The molecule has 0 aliphatic carbocycles. The van der Waals surface area contributed by atoms with Crippen LogP contribution < -0.4 is 10.8 Å². The van der Waals surface area contributed by atoms with Crippen molar-refractivity contribution in [1.82, 2.24) is 10.8 Å². The maximum absolute atomic E-state index is 12.0. The van der Waals surface area contributed by atoms with Crippen molar-refractivity contribution in [2.75, 3.05) is 7.11 Å². The molecule has 9 nitrogen and oxygen atoms in total. The average molecular weight is 451 g/mol. The van der Waals surface area contributed by atoms with E-state index < -0.39 is 17.9 Å². The zero-order chi connectivity index (χ0) is 23.8. The average Bonchev–Trinajstić information content (AvgIpc) is 2.79. The van der Waals surface area contributed by atoms with Crippen LogP contribution in [-0.4, -0.2) is 47.2 Å². The molecule has 9 heteroatoms. The van der Waals surface area contributed by atoms with Gasteiger partial charge in [0.1, 0.15) is 6.04 Å². The van der Waals surface area contributed by atoms with Crippen LogP contribution in [0.3, 0.4) is 0 Å². The third-order valence-electron chi connectivity index (χ3n) is 5.15. The summed E-state index contributed by atoms with van der Waals surface area (Å²) in [5, 5.41) is 19.9. The number of unbranched alkanes of at least 4 members (excludes halogenated alkanes) is 6. The molecule has 0 bridgehead atoms. The third kappa shape index (κ3) is 11.5. The molecular formula is C23H34N2O7. The van der Waals surface area contributed by atoms with Crippen LogP contribution in [0.15, 0.2) is 24.3 Å². The number of carbonyl (C=O) groups is 4. The highest BCUT2D eigenvalue weighted by atomic mass is 16.5. The number of nitrogens with one attached hydrogen (secondary N) is 2. The van der Waals surface area contributed by atoms with E-state index in [0.29, 0.717) is 12.0 Å². The van der Waals surface area contributed by atoms with E-state index in [4.69, 9.17) is 10.3 Å². The second kappa shape index (κ2) is 15.8. The lowest BCUT2D eigenvalue weighted by Crippen LogP contribution is -2.46. The van der Waals surface area contributed by atoms with Gasteiger partial charge in [0.25, 0.3) is 5.91 Å². The number of hydrogen-bond donors (Lipinski definition) is 4. The molecule has 0 unspecified atom stereocenters. The minimum Gasteiger partial charge on any atom is -0.481 e. The second-order valence-corrected chi connectivity index (χ2v) is 7.69. The van der Waals surface area contributed by atoms with E-state index in [1.807, 2.05) is 12.1 Å². The SMILES string of the molecule is COC(=O)c1ccc(CCCCCCCCCC(=O)N[C@H](CCC(=O)O)C(=O)NO)cc1. The Labute approximate surface area is 188 Å². The number of carboxylic acid groups (broad SMARTS) is 1. The maximum atomic E-state index is 12.0. The first-order valence-electron chi connectivity index (χ1n) is 11.0. The lowest BCUT2D eigenvalue weighted by Gasteiger charge is -2.15. The number of hydroxylamine groups is 1. The van der Waals surface area contributed by atoms with E-state index in [0.717, 1.165) is 44.9 Å². The minimum absolute atomic E-state index is 0.0805. The Morgan fingerprint density at radius 3 is 2.06 bits per heavy atom. The van der Waals surface area contributed by atoms with Crippen molar-refractivity contribution in [3.63, 3.8) is 0 Å². The summed E-state index contributed by atoms with van der Waals surface area (Å²) < 4.78 is 4.69. The monoisotopic (exact) mass is 450 g/mol. The largest absolute Gasteiger partial charge is 0.481 e. The fraction of sp³-hybridized carbons (Fsp3) is 0.565. The van der Waals surface area contributed by atoms with Crippen molar-refractivity contribution in [3.8, 4) is 0 Å². The molecule has 0 fully saturated rings. The van der Waals surface area contributed by atoms with Gasteiger partial charge in [-0.25, -0.2) is 10.3 Å². The van der Waals surface area contributed by atoms with Crippen LogP contribution in [0.1, 0.15) is 80.1 Å². The van der Waals surface area contributed by atoms with Gasteiger partial charge in [0.05, 0.1) is 12.7 Å². The Kier molecular flexibility index (Phi) is 13.4. The third-order valence-corrected chi connectivity index (χ3v) is 5.15. The van der Waals surface area contributed by atoms with Crippen molar-refractivity contribution in [1.29, 1.82) is 0 Å². The summed E-state index contributed by atoms with van der Waals surface area (Å²) in [5.41, 5.74) is 3.20. The normalized spacial score (nSPS) is 11.4. The summed E-state index contributed by atoms with van der Waals surface area (Å²) >= 11 is 0. The Bertz CT molecular complexity index is 734. The van der Waals surface area contributed by atoms with Gasteiger partial charge < -0.3 is 15.2 Å². The first kappa shape index (κ1) is 27.1. The molecule has 0 aliphatic rings. The van der Waals surface area contributed by atoms with Gasteiger partial charge in [0.15, 0.2) is 0 Å². The number of ether oxygens (including phenoxy) is 1. The summed E-state index contributed by atoms with van der Waals surface area (Å²) in [6, 6.07) is 6.41. The van der Waals surface area contributed by atoms with Crippen molar-refractivity contribution < 1.29 is 34.2 Å². The molecule has 1 aromatic rings. The molecule has 0 aromatic heterocycles. The summed E-state index contributed by atoms with van der Waals surface area (Å²) in [6.45, 7) is 0. The Morgan fingerprint density at radius 2 is 1.50 bits per heavy atom. The number of amides is 2. The van der Waals surface area contributed by atoms with E-state index in [9.17, 15) is 19.2 Å². The molecule has 1 rings (SSSR count). The highest BCUT2D eigenvalue weighted by Crippen LogP contribution is 2.13. The zero-order valence-corrected chi connectivity index (χ0v) is 18.6. The van der Waals surface area contributed by atoms with E-state index in [1.165, 1.54) is 18.2 Å². The Hall–Kier alpha value is -2.94. The van der Waals surface area contributed by atoms with E-state index in [1.54, 1.807) is 12.1 Å². The van der Waals surface area contributed by atoms with Crippen molar-refractivity contribution in [2.24, 2.45) is 0 Å². The summed E-state index contributed by atoms with van der Waals surface area (Å²) in [7, 11) is 1.37. The summed E-state index contributed by atoms with van der Waals surface area (Å²) in [6.07, 6.45) is 7.83. The molecule has 0 saturated carbocycles. The first-order chi connectivity index (χ1) is 15.4. The van der Waals surface area contributed by atoms with Crippen LogP contribution in [0.5, 0.6) is 0 Å². The Morgan fingerprint density at radius 1 is 0.906 bits per heavy atom. The highest BCUT2D eigenvalue weighted by molar-refractivity contribution is 5.89. The van der Waals surface area contributed by atoms with Crippen molar-refractivity contribution >= 4 is 23.8 Å². The van der Waals surface area contributed by atoms with Gasteiger partial charge in [-0.15, -0.1) is 0 Å². The number of rotatable bonds is 16. The van der Waals surface area contributed by atoms with Gasteiger partial charge in [-0.2, -0.15) is 0 Å². The molecule has 1 aromatic carbocycles. The quantitative estimate of drug-likeness (QED) is 0.131. The molecule has 2 amide bonds. The van der Waals surface area contributed by atoms with Crippen LogP contribution in [0.4, 0.5) is 0 Å². The maximum Gasteiger partial charge on any atom is 0.337 e. The second-order valence-electron chi connectivity index (χ2n) is 7.69. The van der Waals surface area contributed by atoms with E-state index >= 15 is 0 Å². The number of hydrogen-bond acceptors (Lipinski definition) is 6. The number of carboxylic acids is 1. The molecule has 4 N–H and O–H groups in total. The molecule has 32 heavy (non-hydrogen) atoms. The van der Waals surface area contributed by atoms with Crippen LogP contribution in [-0.2, 0) is 25.5 Å². The first-order valence-corrected chi connectivity index (χ1v) is 11.0. The van der Waals surface area contributed by atoms with Gasteiger partial charge in [-0.1, -0.05) is 44.2 Å². The highest BCUT2D eigenvalue weighted by Gasteiger charge is 2.21. The molecular weight excluding hydrogens is 416 g/mol. The summed E-state index contributed by atoms with van der Waals surface area (Å²) in [5.74, 6) is -2.56. The van der Waals surface area contributed by atoms with Gasteiger partial charge in [-0.05, 0) is 43.4 Å². The van der Waals surface area contributed by atoms with Gasteiger partial charge in [-0.3, -0.25) is 19.6 Å². The Balaban J connectivity index is 2.10. The van der Waals surface area contributed by atoms with Crippen LogP contribution in [0, 0.1) is 0 Å². The van der Waals surface area contributed by atoms with Crippen LogP contribution in [0.25, 0.3) is 0 Å². The predicted molar refractivity (Wildman–Crippen MR) is 117 cm³/mol.